The summed E-state index contributed by atoms with van der Waals surface area (Å²) in [4.78, 5) is 36.6. The highest BCUT2D eigenvalue weighted by Crippen LogP contribution is 2.26. The van der Waals surface area contributed by atoms with Crippen molar-refractivity contribution in [2.24, 2.45) is 0 Å². The standard InChI is InChI=1S/C9H12N2O4/c1-15-8(13)5-10-4-6-2-3-7(12)11(6)9(10)14/h6H,2-5H2,1H3. The van der Waals surface area contributed by atoms with Crippen LogP contribution in [0.3, 0.4) is 0 Å². The first-order chi connectivity index (χ1) is 7.13. The number of nitrogens with zero attached hydrogens (tertiary/aromatic N) is 2. The van der Waals surface area contributed by atoms with Crippen molar-refractivity contribution in [3.8, 4) is 0 Å². The second-order valence-electron chi connectivity index (χ2n) is 3.70. The van der Waals surface area contributed by atoms with Crippen LogP contribution in [0.5, 0.6) is 0 Å². The first-order valence-corrected chi connectivity index (χ1v) is 4.81. The number of fused-ring (bicyclic) bond motifs is 1. The van der Waals surface area contributed by atoms with Crippen LogP contribution < -0.4 is 0 Å². The molecule has 0 bridgehead atoms. The molecule has 2 aliphatic heterocycles. The molecule has 0 aromatic heterocycles. The Labute approximate surface area is 86.8 Å². The van der Waals surface area contributed by atoms with E-state index >= 15 is 0 Å². The second-order valence-corrected chi connectivity index (χ2v) is 3.70. The largest absolute Gasteiger partial charge is 0.468 e. The topological polar surface area (TPSA) is 66.9 Å². The summed E-state index contributed by atoms with van der Waals surface area (Å²) in [7, 11) is 1.27. The fourth-order valence-electron chi connectivity index (χ4n) is 2.02. The Morgan fingerprint density at radius 3 is 2.87 bits per heavy atom. The normalized spacial score (nSPS) is 24.7. The van der Waals surface area contributed by atoms with Gasteiger partial charge in [-0.05, 0) is 6.42 Å². The molecule has 3 amide bonds. The molecule has 0 saturated carbocycles. The van der Waals surface area contributed by atoms with E-state index in [4.69, 9.17) is 0 Å². The summed E-state index contributed by atoms with van der Waals surface area (Å²) in [5.74, 6) is -0.602. The minimum atomic E-state index is -0.461. The molecule has 2 saturated heterocycles. The van der Waals surface area contributed by atoms with Gasteiger partial charge in [0.1, 0.15) is 6.54 Å². The molecule has 15 heavy (non-hydrogen) atoms. The number of hydrogen-bond donors (Lipinski definition) is 0. The van der Waals surface area contributed by atoms with E-state index in [-0.39, 0.29) is 24.5 Å². The molecule has 0 spiro atoms. The molecule has 1 atom stereocenters. The van der Waals surface area contributed by atoms with Crippen LogP contribution in [-0.2, 0) is 14.3 Å². The van der Waals surface area contributed by atoms with Gasteiger partial charge in [0.25, 0.3) is 0 Å². The van der Waals surface area contributed by atoms with E-state index in [1.54, 1.807) is 0 Å². The third kappa shape index (κ3) is 1.55. The smallest absolute Gasteiger partial charge is 0.327 e. The number of carbonyl (C=O) groups excluding carboxylic acids is 3. The summed E-state index contributed by atoms with van der Waals surface area (Å²) < 4.78 is 4.47. The number of imide groups is 1. The third-order valence-corrected chi connectivity index (χ3v) is 2.78. The van der Waals surface area contributed by atoms with E-state index in [9.17, 15) is 14.4 Å². The quantitative estimate of drug-likeness (QED) is 0.583. The number of rotatable bonds is 2. The summed E-state index contributed by atoms with van der Waals surface area (Å²) in [6.07, 6.45) is 1.13. The molecular formula is C9H12N2O4. The zero-order chi connectivity index (χ0) is 11.0. The summed E-state index contributed by atoms with van der Waals surface area (Å²) >= 11 is 0. The lowest BCUT2D eigenvalue weighted by molar-refractivity contribution is -0.141. The molecule has 6 nitrogen and oxygen atoms in total. The highest BCUT2D eigenvalue weighted by atomic mass is 16.5. The molecule has 2 fully saturated rings. The van der Waals surface area contributed by atoms with Crippen LogP contribution in [0, 0.1) is 0 Å². The molecule has 0 aromatic rings. The molecule has 2 aliphatic rings. The van der Waals surface area contributed by atoms with E-state index in [1.807, 2.05) is 0 Å². The number of ether oxygens (including phenoxy) is 1. The van der Waals surface area contributed by atoms with E-state index in [0.29, 0.717) is 19.4 Å². The van der Waals surface area contributed by atoms with Gasteiger partial charge in [-0.3, -0.25) is 14.5 Å². The van der Waals surface area contributed by atoms with Gasteiger partial charge in [-0.1, -0.05) is 0 Å². The maximum Gasteiger partial charge on any atom is 0.327 e. The fraction of sp³-hybridized carbons (Fsp3) is 0.667. The minimum absolute atomic E-state index is 0.0466. The van der Waals surface area contributed by atoms with Crippen molar-refractivity contribution in [1.82, 2.24) is 9.80 Å². The van der Waals surface area contributed by atoms with E-state index in [1.165, 1.54) is 16.9 Å². The van der Waals surface area contributed by atoms with Crippen LogP contribution in [0.2, 0.25) is 0 Å². The van der Waals surface area contributed by atoms with E-state index in [2.05, 4.69) is 4.74 Å². The zero-order valence-electron chi connectivity index (χ0n) is 8.43. The Bertz CT molecular complexity index is 328. The van der Waals surface area contributed by atoms with Crippen LogP contribution in [-0.4, -0.2) is 53.9 Å². The van der Waals surface area contributed by atoms with Crippen molar-refractivity contribution < 1.29 is 19.1 Å². The molecule has 0 aromatic carbocycles. The first-order valence-electron chi connectivity index (χ1n) is 4.81. The van der Waals surface area contributed by atoms with Gasteiger partial charge in [0, 0.05) is 13.0 Å². The Morgan fingerprint density at radius 2 is 2.27 bits per heavy atom. The predicted octanol–water partition coefficient (Wildman–Crippen LogP) is -0.414. The molecular weight excluding hydrogens is 200 g/mol. The van der Waals surface area contributed by atoms with Gasteiger partial charge in [0.2, 0.25) is 5.91 Å². The molecule has 0 N–H and O–H groups in total. The van der Waals surface area contributed by atoms with Crippen LogP contribution in [0.4, 0.5) is 4.79 Å². The number of hydrogen-bond acceptors (Lipinski definition) is 4. The average Bonchev–Trinajstić information content (AvgIpc) is 2.71. The third-order valence-electron chi connectivity index (χ3n) is 2.78. The molecule has 82 valence electrons. The average molecular weight is 212 g/mol. The maximum absolute atomic E-state index is 11.7. The van der Waals surface area contributed by atoms with Gasteiger partial charge in [-0.25, -0.2) is 4.79 Å². The maximum atomic E-state index is 11.7. The number of carbonyl (C=O) groups is 3. The molecule has 0 aliphatic carbocycles. The SMILES string of the molecule is COC(=O)CN1CC2CCC(=O)N2C1=O. The van der Waals surface area contributed by atoms with Crippen molar-refractivity contribution in [2.75, 3.05) is 20.2 Å². The molecule has 0 radical (unpaired) electrons. The highest BCUT2D eigenvalue weighted by Gasteiger charge is 2.45. The minimum Gasteiger partial charge on any atom is -0.468 e. The lowest BCUT2D eigenvalue weighted by Crippen LogP contribution is -2.37. The van der Waals surface area contributed by atoms with Crippen LogP contribution >= 0.6 is 0 Å². The van der Waals surface area contributed by atoms with Crippen molar-refractivity contribution in [1.29, 1.82) is 0 Å². The van der Waals surface area contributed by atoms with Crippen LogP contribution in [0.1, 0.15) is 12.8 Å². The number of methoxy groups -OCH3 is 1. The Kier molecular flexibility index (Phi) is 2.34. The van der Waals surface area contributed by atoms with Gasteiger partial charge in [-0.15, -0.1) is 0 Å². The van der Waals surface area contributed by atoms with E-state index < -0.39 is 5.97 Å². The van der Waals surface area contributed by atoms with Gasteiger partial charge in [0.05, 0.1) is 13.2 Å². The van der Waals surface area contributed by atoms with Crippen LogP contribution in [0.15, 0.2) is 0 Å². The summed E-state index contributed by atoms with van der Waals surface area (Å²) in [6, 6.07) is -0.414. The molecule has 2 rings (SSSR count). The van der Waals surface area contributed by atoms with E-state index in [0.717, 1.165) is 0 Å². The van der Waals surface area contributed by atoms with Crippen molar-refractivity contribution in [3.05, 3.63) is 0 Å². The van der Waals surface area contributed by atoms with Crippen molar-refractivity contribution >= 4 is 17.9 Å². The molecule has 6 heteroatoms. The highest BCUT2D eigenvalue weighted by molar-refractivity contribution is 5.99. The molecule has 1 unspecified atom stereocenters. The summed E-state index contributed by atoms with van der Waals surface area (Å²) in [6.45, 7) is 0.370. The zero-order valence-corrected chi connectivity index (χ0v) is 8.43. The fourth-order valence-corrected chi connectivity index (χ4v) is 2.02. The number of amides is 3. The van der Waals surface area contributed by atoms with Gasteiger partial charge >= 0.3 is 12.0 Å². The van der Waals surface area contributed by atoms with Crippen molar-refractivity contribution in [2.45, 2.75) is 18.9 Å². The van der Waals surface area contributed by atoms with Gasteiger partial charge < -0.3 is 9.64 Å². The first kappa shape index (κ1) is 9.95. The van der Waals surface area contributed by atoms with Gasteiger partial charge in [0.15, 0.2) is 0 Å². The van der Waals surface area contributed by atoms with Gasteiger partial charge in [-0.2, -0.15) is 0 Å². The Balaban J connectivity index is 2.04. The predicted molar refractivity (Wildman–Crippen MR) is 48.9 cm³/mol. The number of esters is 1. The lowest BCUT2D eigenvalue weighted by Gasteiger charge is -2.14. The Morgan fingerprint density at radius 1 is 1.53 bits per heavy atom. The second kappa shape index (κ2) is 3.52. The van der Waals surface area contributed by atoms with Crippen LogP contribution in [0.25, 0.3) is 0 Å². The monoisotopic (exact) mass is 212 g/mol. The summed E-state index contributed by atoms with van der Waals surface area (Å²) in [5.41, 5.74) is 0. The Hall–Kier alpha value is -1.59. The van der Waals surface area contributed by atoms with Crippen molar-refractivity contribution in [3.63, 3.8) is 0 Å². The lowest BCUT2D eigenvalue weighted by atomic mass is 10.2. The summed E-state index contributed by atoms with van der Waals surface area (Å²) in [5, 5.41) is 0. The number of urea groups is 1. The molecule has 2 heterocycles.